The molecule has 33 heavy (non-hydrogen) atoms. The highest BCUT2D eigenvalue weighted by Gasteiger charge is 2.67. The summed E-state index contributed by atoms with van der Waals surface area (Å²) < 4.78 is 21.5. The van der Waals surface area contributed by atoms with E-state index in [4.69, 9.17) is 14.2 Å². The van der Waals surface area contributed by atoms with Gasteiger partial charge in [0.2, 0.25) is 0 Å². The fourth-order valence-corrected chi connectivity index (χ4v) is 8.17. The molecule has 9 atom stereocenters. The Morgan fingerprint density at radius 3 is 2.76 bits per heavy atom. The molecule has 7 rings (SSSR count). The SMILES string of the molecule is CN1[C@H]2C[C@@H]3[C@@H](CO[C@@]4(C)O[C@]5(C[C@@H]34)O[C@@H](CO)C[C@@H]5O)[C@@H]1Cc1c2n(C)c2ccccc12. The first kappa shape index (κ1) is 20.9. The first-order valence-corrected chi connectivity index (χ1v) is 12.4. The number of nitrogens with zero attached hydrogens (tertiary/aromatic N) is 2. The third-order valence-corrected chi connectivity index (χ3v) is 9.74. The van der Waals surface area contributed by atoms with Gasteiger partial charge in [-0.05, 0) is 44.4 Å². The largest absolute Gasteiger partial charge is 0.394 e. The first-order chi connectivity index (χ1) is 15.8. The van der Waals surface area contributed by atoms with Gasteiger partial charge in [0.1, 0.15) is 6.10 Å². The Bertz CT molecular complexity index is 1120. The molecule has 0 saturated carbocycles. The second kappa shape index (κ2) is 6.80. The minimum absolute atomic E-state index is 0.102. The summed E-state index contributed by atoms with van der Waals surface area (Å²) in [5.41, 5.74) is 4.27. The third kappa shape index (κ3) is 2.61. The molecule has 2 aromatic rings. The van der Waals surface area contributed by atoms with Crippen LogP contribution in [0.2, 0.25) is 0 Å². The number of aromatic nitrogens is 1. The maximum atomic E-state index is 10.9. The van der Waals surface area contributed by atoms with Crippen molar-refractivity contribution in [3.63, 3.8) is 0 Å². The topological polar surface area (TPSA) is 76.3 Å². The zero-order valence-electron chi connectivity index (χ0n) is 19.6. The second-order valence-electron chi connectivity index (χ2n) is 11.2. The molecule has 4 fully saturated rings. The average Bonchev–Trinajstić information content (AvgIpc) is 3.38. The van der Waals surface area contributed by atoms with Crippen LogP contribution in [0, 0.1) is 17.8 Å². The van der Waals surface area contributed by atoms with Gasteiger partial charge in [0.05, 0.1) is 25.4 Å². The van der Waals surface area contributed by atoms with Crippen molar-refractivity contribution >= 4 is 10.9 Å². The predicted octanol–water partition coefficient (Wildman–Crippen LogP) is 2.33. The lowest BCUT2D eigenvalue weighted by Gasteiger charge is -2.57. The molecule has 0 unspecified atom stereocenters. The molecule has 5 aliphatic rings. The molecule has 2 N–H and O–H groups in total. The molecule has 7 heteroatoms. The summed E-state index contributed by atoms with van der Waals surface area (Å²) in [6, 6.07) is 9.56. The maximum absolute atomic E-state index is 10.9. The van der Waals surface area contributed by atoms with Gasteiger partial charge in [0, 0.05) is 54.4 Å². The summed E-state index contributed by atoms with van der Waals surface area (Å²) >= 11 is 0. The number of para-hydroxylation sites is 1. The van der Waals surface area contributed by atoms with Crippen molar-refractivity contribution in [1.82, 2.24) is 9.47 Å². The van der Waals surface area contributed by atoms with E-state index >= 15 is 0 Å². The van der Waals surface area contributed by atoms with Crippen LogP contribution < -0.4 is 0 Å². The van der Waals surface area contributed by atoms with Crippen LogP contribution >= 0.6 is 0 Å². The molecule has 6 heterocycles. The van der Waals surface area contributed by atoms with Gasteiger partial charge in [-0.25, -0.2) is 0 Å². The van der Waals surface area contributed by atoms with Crippen molar-refractivity contribution in [2.24, 2.45) is 24.8 Å². The summed E-state index contributed by atoms with van der Waals surface area (Å²) in [6.45, 7) is 2.59. The van der Waals surface area contributed by atoms with Gasteiger partial charge < -0.3 is 29.0 Å². The number of hydrogen-bond acceptors (Lipinski definition) is 6. The predicted molar refractivity (Wildman–Crippen MR) is 121 cm³/mol. The lowest BCUT2D eigenvalue weighted by Crippen LogP contribution is -2.60. The Morgan fingerprint density at radius 2 is 1.97 bits per heavy atom. The maximum Gasteiger partial charge on any atom is 0.198 e. The van der Waals surface area contributed by atoms with Crippen molar-refractivity contribution < 1.29 is 24.4 Å². The van der Waals surface area contributed by atoms with Crippen LogP contribution in [-0.2, 0) is 27.7 Å². The summed E-state index contributed by atoms with van der Waals surface area (Å²) in [5.74, 6) is -0.825. The van der Waals surface area contributed by atoms with Crippen LogP contribution in [0.4, 0.5) is 0 Å². The van der Waals surface area contributed by atoms with Crippen LogP contribution in [0.3, 0.4) is 0 Å². The number of aliphatic hydroxyl groups is 2. The number of ether oxygens (including phenoxy) is 3. The third-order valence-electron chi connectivity index (χ3n) is 9.74. The van der Waals surface area contributed by atoms with Gasteiger partial charge in [-0.3, -0.25) is 4.90 Å². The van der Waals surface area contributed by atoms with E-state index in [1.807, 2.05) is 6.92 Å². The van der Waals surface area contributed by atoms with Crippen molar-refractivity contribution in [1.29, 1.82) is 0 Å². The van der Waals surface area contributed by atoms with Gasteiger partial charge in [0.15, 0.2) is 11.6 Å². The summed E-state index contributed by atoms with van der Waals surface area (Å²) in [4.78, 5) is 2.59. The summed E-state index contributed by atoms with van der Waals surface area (Å²) in [7, 11) is 4.49. The molecule has 7 nitrogen and oxygen atoms in total. The number of rotatable bonds is 1. The standard InChI is InChI=1S/C26H34N2O5/c1-25-19(11-26(33-25)23(30)8-14(12-29)32-26)16-9-22-24-17(10-21(27(22)2)18(16)13-31-25)15-6-4-5-7-20(15)28(24)3/h4-7,14,16,18-19,21-23,29-30H,8-13H2,1-3H3/t14-,16-,18-,19+,21+,22+,23+,25+,26+/m1/s1. The Morgan fingerprint density at radius 1 is 1.15 bits per heavy atom. The zero-order valence-corrected chi connectivity index (χ0v) is 19.6. The Balaban J connectivity index is 1.28. The minimum Gasteiger partial charge on any atom is -0.394 e. The molecule has 0 amide bonds. The quantitative estimate of drug-likeness (QED) is 0.689. The van der Waals surface area contributed by atoms with Crippen LogP contribution in [0.15, 0.2) is 24.3 Å². The van der Waals surface area contributed by atoms with Gasteiger partial charge in [-0.15, -0.1) is 0 Å². The Labute approximate surface area is 194 Å². The van der Waals surface area contributed by atoms with Crippen LogP contribution in [0.25, 0.3) is 10.9 Å². The lowest BCUT2D eigenvalue weighted by atomic mass is 9.63. The lowest BCUT2D eigenvalue weighted by molar-refractivity contribution is -0.347. The highest BCUT2D eigenvalue weighted by Crippen LogP contribution is 2.60. The molecular formula is C26H34N2O5. The van der Waals surface area contributed by atoms with Crippen LogP contribution in [-0.4, -0.2) is 69.8 Å². The number of likely N-dealkylation sites (N-methyl/N-ethyl adjacent to an activating group) is 1. The minimum atomic E-state index is -1.06. The van der Waals surface area contributed by atoms with E-state index in [0.29, 0.717) is 43.4 Å². The van der Waals surface area contributed by atoms with Gasteiger partial charge in [-0.1, -0.05) is 18.2 Å². The van der Waals surface area contributed by atoms with E-state index in [1.165, 1.54) is 22.2 Å². The molecule has 2 bridgehead atoms. The van der Waals surface area contributed by atoms with E-state index in [0.717, 1.165) is 12.8 Å². The monoisotopic (exact) mass is 454 g/mol. The van der Waals surface area contributed by atoms with Crippen LogP contribution in [0.1, 0.15) is 43.5 Å². The number of piperidine rings is 1. The molecule has 0 radical (unpaired) electrons. The van der Waals surface area contributed by atoms with E-state index < -0.39 is 17.7 Å². The van der Waals surface area contributed by atoms with E-state index in [-0.39, 0.29) is 18.6 Å². The number of aryl methyl sites for hydroxylation is 1. The normalized spacial score (nSPS) is 46.5. The highest BCUT2D eigenvalue weighted by atomic mass is 16.8. The Hall–Kier alpha value is -1.48. The van der Waals surface area contributed by atoms with Crippen molar-refractivity contribution in [2.75, 3.05) is 20.3 Å². The molecule has 1 aromatic carbocycles. The first-order valence-electron chi connectivity index (χ1n) is 12.4. The molecule has 178 valence electrons. The number of fused-ring (bicyclic) bond motifs is 10. The van der Waals surface area contributed by atoms with E-state index in [1.54, 1.807) is 0 Å². The molecule has 4 saturated heterocycles. The van der Waals surface area contributed by atoms with Crippen molar-refractivity contribution in [3.05, 3.63) is 35.5 Å². The zero-order chi connectivity index (χ0) is 22.7. The van der Waals surface area contributed by atoms with Crippen LogP contribution in [0.5, 0.6) is 0 Å². The van der Waals surface area contributed by atoms with E-state index in [9.17, 15) is 10.2 Å². The molecule has 5 aliphatic heterocycles. The number of benzene rings is 1. The van der Waals surface area contributed by atoms with Crippen molar-refractivity contribution in [2.45, 2.75) is 68.5 Å². The Kier molecular flexibility index (Phi) is 4.30. The molecule has 1 aromatic heterocycles. The molecular weight excluding hydrogens is 420 g/mol. The number of hydrogen-bond donors (Lipinski definition) is 2. The highest BCUT2D eigenvalue weighted by molar-refractivity contribution is 5.86. The summed E-state index contributed by atoms with van der Waals surface area (Å²) in [6.07, 6.45) is 1.99. The molecule has 0 aliphatic carbocycles. The average molecular weight is 455 g/mol. The van der Waals surface area contributed by atoms with Gasteiger partial charge in [-0.2, -0.15) is 0 Å². The number of aliphatic hydroxyl groups excluding tert-OH is 2. The van der Waals surface area contributed by atoms with E-state index in [2.05, 4.69) is 47.8 Å². The summed E-state index contributed by atoms with van der Waals surface area (Å²) in [5, 5.41) is 21.9. The fourth-order valence-electron chi connectivity index (χ4n) is 8.17. The van der Waals surface area contributed by atoms with Crippen molar-refractivity contribution in [3.8, 4) is 0 Å². The molecule has 1 spiro atoms. The fraction of sp³-hybridized carbons (Fsp3) is 0.692. The second-order valence-corrected chi connectivity index (χ2v) is 11.2. The smallest absolute Gasteiger partial charge is 0.198 e. The van der Waals surface area contributed by atoms with Gasteiger partial charge >= 0.3 is 0 Å². The van der Waals surface area contributed by atoms with Gasteiger partial charge in [0.25, 0.3) is 0 Å².